The standard InChI is InChI=1S/C5H9NO.C4H10/c7-5-1-3-6-4-2-5;1-4(2)3/h6H,1-4H2;4H,1-3H3. The minimum atomic E-state index is 0.402. The van der Waals surface area contributed by atoms with E-state index in [-0.39, 0.29) is 0 Å². The SMILES string of the molecule is CC(C)C.O=C1CCNCC1. The molecular formula is C9H19NO. The molecule has 0 atom stereocenters. The summed E-state index contributed by atoms with van der Waals surface area (Å²) in [4.78, 5) is 10.4. The molecule has 1 rings (SSSR count). The second-order valence-corrected chi connectivity index (χ2v) is 3.52. The molecule has 11 heavy (non-hydrogen) atoms. The smallest absolute Gasteiger partial charge is 0.135 e. The lowest BCUT2D eigenvalue weighted by atomic mass is 10.1. The van der Waals surface area contributed by atoms with Gasteiger partial charge in [-0.3, -0.25) is 4.79 Å². The van der Waals surface area contributed by atoms with Crippen LogP contribution >= 0.6 is 0 Å². The van der Waals surface area contributed by atoms with Crippen LogP contribution in [0.15, 0.2) is 0 Å². The summed E-state index contributed by atoms with van der Waals surface area (Å²) in [5.74, 6) is 1.23. The molecule has 0 amide bonds. The molecule has 1 heterocycles. The summed E-state index contributed by atoms with van der Waals surface area (Å²) in [6.45, 7) is 8.28. The predicted octanol–water partition coefficient (Wildman–Crippen LogP) is 1.60. The van der Waals surface area contributed by atoms with E-state index in [1.165, 1.54) is 0 Å². The molecule has 1 aliphatic rings. The minimum Gasteiger partial charge on any atom is -0.316 e. The van der Waals surface area contributed by atoms with Crippen molar-refractivity contribution >= 4 is 5.78 Å². The number of piperidine rings is 1. The van der Waals surface area contributed by atoms with Crippen LogP contribution in [0.1, 0.15) is 33.6 Å². The Morgan fingerprint density at radius 2 is 1.55 bits per heavy atom. The Morgan fingerprint density at radius 3 is 1.73 bits per heavy atom. The van der Waals surface area contributed by atoms with E-state index < -0.39 is 0 Å². The van der Waals surface area contributed by atoms with Crippen LogP contribution in [0.2, 0.25) is 0 Å². The first-order valence-corrected chi connectivity index (χ1v) is 4.35. The molecule has 2 heteroatoms. The number of Topliss-reactive ketones (excluding diaryl/α,β-unsaturated/α-hetero) is 1. The van der Waals surface area contributed by atoms with E-state index in [1.807, 2.05) is 0 Å². The van der Waals surface area contributed by atoms with Crippen LogP contribution in [-0.2, 0) is 4.79 Å². The fourth-order valence-electron chi connectivity index (χ4n) is 0.706. The largest absolute Gasteiger partial charge is 0.316 e. The average Bonchev–Trinajstić information content (AvgIpc) is 1.87. The van der Waals surface area contributed by atoms with Crippen LogP contribution in [-0.4, -0.2) is 18.9 Å². The van der Waals surface area contributed by atoms with Crippen molar-refractivity contribution in [3.63, 3.8) is 0 Å². The van der Waals surface area contributed by atoms with Gasteiger partial charge < -0.3 is 5.32 Å². The van der Waals surface area contributed by atoms with Gasteiger partial charge in [-0.15, -0.1) is 0 Å². The fraction of sp³-hybridized carbons (Fsp3) is 0.889. The number of carbonyl (C=O) groups excluding carboxylic acids is 1. The summed E-state index contributed by atoms with van der Waals surface area (Å²) >= 11 is 0. The first-order chi connectivity index (χ1) is 5.13. The molecule has 0 aromatic heterocycles. The normalized spacial score (nSPS) is 17.6. The van der Waals surface area contributed by atoms with Crippen LogP contribution in [0.3, 0.4) is 0 Å². The highest BCUT2D eigenvalue weighted by Crippen LogP contribution is 1.91. The Kier molecular flexibility index (Phi) is 6.13. The average molecular weight is 157 g/mol. The summed E-state index contributed by atoms with van der Waals surface area (Å²) in [7, 11) is 0. The summed E-state index contributed by atoms with van der Waals surface area (Å²) in [6, 6.07) is 0. The Balaban J connectivity index is 0.000000218. The van der Waals surface area contributed by atoms with Crippen molar-refractivity contribution in [2.45, 2.75) is 33.6 Å². The van der Waals surface area contributed by atoms with E-state index in [0.29, 0.717) is 5.78 Å². The first-order valence-electron chi connectivity index (χ1n) is 4.35. The van der Waals surface area contributed by atoms with Gasteiger partial charge in [-0.1, -0.05) is 20.8 Å². The zero-order valence-corrected chi connectivity index (χ0v) is 7.81. The molecule has 0 aromatic carbocycles. The lowest BCUT2D eigenvalue weighted by molar-refractivity contribution is -0.119. The topological polar surface area (TPSA) is 29.1 Å². The molecule has 0 unspecified atom stereocenters. The number of nitrogens with one attached hydrogen (secondary N) is 1. The van der Waals surface area contributed by atoms with Crippen molar-refractivity contribution in [3.8, 4) is 0 Å². The lowest BCUT2D eigenvalue weighted by Gasteiger charge is -2.08. The first kappa shape index (κ1) is 10.6. The third-order valence-electron chi connectivity index (χ3n) is 1.16. The Morgan fingerprint density at radius 1 is 1.18 bits per heavy atom. The molecule has 0 radical (unpaired) electrons. The van der Waals surface area contributed by atoms with Gasteiger partial charge in [0.15, 0.2) is 0 Å². The summed E-state index contributed by atoms with van der Waals surface area (Å²) in [6.07, 6.45) is 1.47. The maximum atomic E-state index is 10.4. The quantitative estimate of drug-likeness (QED) is 0.578. The molecule has 0 bridgehead atoms. The van der Waals surface area contributed by atoms with Crippen molar-refractivity contribution in [2.75, 3.05) is 13.1 Å². The molecule has 0 aromatic rings. The van der Waals surface area contributed by atoms with Crippen LogP contribution < -0.4 is 5.32 Å². The number of ketones is 1. The molecule has 1 N–H and O–H groups in total. The van der Waals surface area contributed by atoms with Gasteiger partial charge in [0.2, 0.25) is 0 Å². The monoisotopic (exact) mass is 157 g/mol. The molecular weight excluding hydrogens is 138 g/mol. The predicted molar refractivity (Wildman–Crippen MR) is 47.6 cm³/mol. The highest BCUT2D eigenvalue weighted by atomic mass is 16.1. The van der Waals surface area contributed by atoms with E-state index in [0.717, 1.165) is 31.8 Å². The second kappa shape index (κ2) is 6.35. The number of carbonyl (C=O) groups is 1. The zero-order chi connectivity index (χ0) is 8.69. The Labute approximate surface area is 69.4 Å². The highest BCUT2D eigenvalue weighted by molar-refractivity contribution is 5.79. The highest BCUT2D eigenvalue weighted by Gasteiger charge is 2.04. The van der Waals surface area contributed by atoms with Crippen LogP contribution in [0.5, 0.6) is 0 Å². The molecule has 0 saturated carbocycles. The van der Waals surface area contributed by atoms with Gasteiger partial charge in [0.05, 0.1) is 0 Å². The van der Waals surface area contributed by atoms with Gasteiger partial charge >= 0.3 is 0 Å². The van der Waals surface area contributed by atoms with Gasteiger partial charge in [-0.2, -0.15) is 0 Å². The maximum absolute atomic E-state index is 10.4. The molecule has 2 nitrogen and oxygen atoms in total. The van der Waals surface area contributed by atoms with Crippen LogP contribution in [0.25, 0.3) is 0 Å². The van der Waals surface area contributed by atoms with Crippen LogP contribution in [0, 0.1) is 5.92 Å². The molecule has 0 spiro atoms. The third-order valence-corrected chi connectivity index (χ3v) is 1.16. The molecule has 66 valence electrons. The van der Waals surface area contributed by atoms with E-state index in [2.05, 4.69) is 26.1 Å². The van der Waals surface area contributed by atoms with Crippen LogP contribution in [0.4, 0.5) is 0 Å². The van der Waals surface area contributed by atoms with Crippen molar-refractivity contribution in [1.82, 2.24) is 5.32 Å². The Hall–Kier alpha value is -0.370. The van der Waals surface area contributed by atoms with E-state index in [9.17, 15) is 4.79 Å². The van der Waals surface area contributed by atoms with Crippen molar-refractivity contribution < 1.29 is 4.79 Å². The zero-order valence-electron chi connectivity index (χ0n) is 7.81. The lowest BCUT2D eigenvalue weighted by Crippen LogP contribution is -2.27. The molecule has 1 saturated heterocycles. The second-order valence-electron chi connectivity index (χ2n) is 3.52. The summed E-state index contributed by atoms with van der Waals surface area (Å²) < 4.78 is 0. The van der Waals surface area contributed by atoms with Gasteiger partial charge in [0, 0.05) is 25.9 Å². The number of rotatable bonds is 0. The Bertz CT molecular complexity index is 99.4. The van der Waals surface area contributed by atoms with Gasteiger partial charge in [0.25, 0.3) is 0 Å². The summed E-state index contributed by atoms with van der Waals surface area (Å²) in [5.41, 5.74) is 0. The molecule has 1 aliphatic heterocycles. The van der Waals surface area contributed by atoms with Gasteiger partial charge in [-0.05, 0) is 5.92 Å². The fourth-order valence-corrected chi connectivity index (χ4v) is 0.706. The molecule has 1 fully saturated rings. The van der Waals surface area contributed by atoms with E-state index >= 15 is 0 Å². The maximum Gasteiger partial charge on any atom is 0.135 e. The number of hydrogen-bond donors (Lipinski definition) is 1. The van der Waals surface area contributed by atoms with Gasteiger partial charge in [0.1, 0.15) is 5.78 Å². The van der Waals surface area contributed by atoms with Crippen molar-refractivity contribution in [2.24, 2.45) is 5.92 Å². The van der Waals surface area contributed by atoms with Crippen molar-refractivity contribution in [1.29, 1.82) is 0 Å². The van der Waals surface area contributed by atoms with Gasteiger partial charge in [-0.25, -0.2) is 0 Å². The minimum absolute atomic E-state index is 0.402. The molecule has 0 aliphatic carbocycles. The van der Waals surface area contributed by atoms with E-state index in [4.69, 9.17) is 0 Å². The van der Waals surface area contributed by atoms with E-state index in [1.54, 1.807) is 0 Å². The summed E-state index contributed by atoms with van der Waals surface area (Å²) in [5, 5.41) is 3.09. The number of hydrogen-bond acceptors (Lipinski definition) is 2. The van der Waals surface area contributed by atoms with Crippen molar-refractivity contribution in [3.05, 3.63) is 0 Å². The third kappa shape index (κ3) is 9.63.